The molecule has 0 aliphatic carbocycles. The van der Waals surface area contributed by atoms with Gasteiger partial charge in [0, 0.05) is 32.7 Å². The second kappa shape index (κ2) is 15.7. The van der Waals surface area contributed by atoms with Crippen LogP contribution < -0.4 is 0 Å². The standard InChI is InChI=1S/C2H7OP.2CH3.Y/c1-4(2)3;;;/h4H,1-2H3;2*1H3;/q;2*-1;. The molecule has 0 fully saturated rings. The fourth-order valence-corrected chi connectivity index (χ4v) is 0. The Labute approximate surface area is 72.9 Å². The van der Waals surface area contributed by atoms with Gasteiger partial charge in [0.25, 0.3) is 0 Å². The van der Waals surface area contributed by atoms with Crippen LogP contribution in [0, 0.1) is 14.9 Å². The van der Waals surface area contributed by atoms with Crippen LogP contribution in [0.3, 0.4) is 0 Å². The molecule has 0 saturated carbocycles. The van der Waals surface area contributed by atoms with Crippen LogP contribution in [0.15, 0.2) is 0 Å². The average molecular weight is 197 g/mol. The summed E-state index contributed by atoms with van der Waals surface area (Å²) < 4.78 is 9.63. The molecule has 45 valence electrons. The molecule has 0 N–H and O–H groups in total. The molecule has 0 rings (SSSR count). The van der Waals surface area contributed by atoms with E-state index in [2.05, 4.69) is 0 Å². The molecule has 0 aromatic rings. The van der Waals surface area contributed by atoms with Crippen molar-refractivity contribution in [3.8, 4) is 0 Å². The Morgan fingerprint density at radius 1 is 1.14 bits per heavy atom. The van der Waals surface area contributed by atoms with Crippen molar-refractivity contribution >= 4 is 7.80 Å². The molecule has 0 bridgehead atoms. The van der Waals surface area contributed by atoms with Crippen molar-refractivity contribution in [2.75, 3.05) is 13.3 Å². The van der Waals surface area contributed by atoms with Crippen LogP contribution in [-0.2, 0) is 37.3 Å². The molecule has 0 atom stereocenters. The van der Waals surface area contributed by atoms with Crippen LogP contribution in [0.1, 0.15) is 0 Å². The molecule has 0 amide bonds. The van der Waals surface area contributed by atoms with Gasteiger partial charge in [0.15, 0.2) is 0 Å². The van der Waals surface area contributed by atoms with Crippen LogP contribution in [-0.4, -0.2) is 13.3 Å². The minimum Gasteiger partial charge on any atom is -0.358 e. The van der Waals surface area contributed by atoms with E-state index in [9.17, 15) is 4.57 Å². The van der Waals surface area contributed by atoms with Gasteiger partial charge in [0.05, 0.1) is 7.80 Å². The van der Waals surface area contributed by atoms with E-state index in [4.69, 9.17) is 0 Å². The Morgan fingerprint density at radius 2 is 1.14 bits per heavy atom. The first-order chi connectivity index (χ1) is 1.73. The van der Waals surface area contributed by atoms with Gasteiger partial charge in [-0.3, -0.25) is 0 Å². The third kappa shape index (κ3) is 117. The second-order valence-electron chi connectivity index (χ2n) is 0.908. The first-order valence-electron chi connectivity index (χ1n) is 1.20. The molecule has 0 aliphatic rings. The van der Waals surface area contributed by atoms with Gasteiger partial charge in [-0.1, -0.05) is 0 Å². The molecule has 0 spiro atoms. The van der Waals surface area contributed by atoms with E-state index in [1.54, 1.807) is 13.3 Å². The van der Waals surface area contributed by atoms with Crippen LogP contribution in [0.2, 0.25) is 0 Å². The maximum atomic E-state index is 9.63. The number of rotatable bonds is 0. The zero-order valence-electron chi connectivity index (χ0n) is 5.49. The van der Waals surface area contributed by atoms with Gasteiger partial charge >= 0.3 is 0 Å². The van der Waals surface area contributed by atoms with Crippen LogP contribution in [0.5, 0.6) is 0 Å². The van der Waals surface area contributed by atoms with Crippen molar-refractivity contribution in [3.63, 3.8) is 0 Å². The summed E-state index contributed by atoms with van der Waals surface area (Å²) in [6.45, 7) is 3.43. The molecule has 0 heterocycles. The van der Waals surface area contributed by atoms with E-state index >= 15 is 0 Å². The molecule has 3 heteroatoms. The Bertz CT molecular complexity index is 34.7. The smallest absolute Gasteiger partial charge is 0.0703 e. The van der Waals surface area contributed by atoms with Crippen molar-refractivity contribution < 1.29 is 37.3 Å². The van der Waals surface area contributed by atoms with Crippen LogP contribution >= 0.6 is 7.80 Å². The predicted octanol–water partition coefficient (Wildman–Crippen LogP) is 1.70. The topological polar surface area (TPSA) is 17.1 Å². The Kier molecular flexibility index (Phi) is 53.4. The molecule has 0 aromatic heterocycles. The third-order valence-electron chi connectivity index (χ3n) is 0. The first-order valence-corrected chi connectivity index (χ1v) is 3.61. The molecular weight excluding hydrogens is 184 g/mol. The van der Waals surface area contributed by atoms with Crippen molar-refractivity contribution in [2.45, 2.75) is 0 Å². The van der Waals surface area contributed by atoms with Crippen molar-refractivity contribution in [1.82, 2.24) is 0 Å². The summed E-state index contributed by atoms with van der Waals surface area (Å²) >= 11 is 0. The zero-order chi connectivity index (χ0) is 3.58. The maximum absolute atomic E-state index is 9.63. The summed E-state index contributed by atoms with van der Waals surface area (Å²) in [7, 11) is -1.13. The SMILES string of the molecule is C[PH](C)=O.[CH3-].[CH3-].[Y]. The minimum absolute atomic E-state index is 0. The molecule has 0 unspecified atom stereocenters. The summed E-state index contributed by atoms with van der Waals surface area (Å²) in [6, 6.07) is 0. The zero-order valence-corrected chi connectivity index (χ0v) is 9.32. The summed E-state index contributed by atoms with van der Waals surface area (Å²) in [5.41, 5.74) is 0. The molecule has 0 aromatic carbocycles. The van der Waals surface area contributed by atoms with Gasteiger partial charge < -0.3 is 19.4 Å². The predicted molar refractivity (Wildman–Crippen MR) is 33.7 cm³/mol. The Morgan fingerprint density at radius 3 is 1.14 bits per heavy atom. The van der Waals surface area contributed by atoms with Crippen LogP contribution in [0.4, 0.5) is 0 Å². The minimum atomic E-state index is -1.13. The van der Waals surface area contributed by atoms with E-state index in [1.165, 1.54) is 0 Å². The number of hydrogen-bond donors (Lipinski definition) is 0. The molecule has 7 heavy (non-hydrogen) atoms. The second-order valence-corrected chi connectivity index (χ2v) is 2.72. The monoisotopic (exact) mass is 197 g/mol. The van der Waals surface area contributed by atoms with E-state index in [0.29, 0.717) is 0 Å². The van der Waals surface area contributed by atoms with Gasteiger partial charge in [-0.05, 0) is 13.3 Å². The van der Waals surface area contributed by atoms with Gasteiger partial charge in [-0.25, -0.2) is 0 Å². The van der Waals surface area contributed by atoms with Gasteiger partial charge in [-0.15, -0.1) is 0 Å². The van der Waals surface area contributed by atoms with Gasteiger partial charge in [0.1, 0.15) is 0 Å². The Balaban J connectivity index is -0.0000000150. The Hall–Kier alpha value is 1.33. The van der Waals surface area contributed by atoms with E-state index in [0.717, 1.165) is 0 Å². The van der Waals surface area contributed by atoms with Crippen LogP contribution in [0.25, 0.3) is 0 Å². The third-order valence-corrected chi connectivity index (χ3v) is 0. The van der Waals surface area contributed by atoms with Gasteiger partial charge in [0.2, 0.25) is 0 Å². The molecule has 0 saturated heterocycles. The van der Waals surface area contributed by atoms with Crippen molar-refractivity contribution in [3.05, 3.63) is 14.9 Å². The summed E-state index contributed by atoms with van der Waals surface area (Å²) in [6.07, 6.45) is 0. The van der Waals surface area contributed by atoms with Crippen molar-refractivity contribution in [1.29, 1.82) is 0 Å². The quantitative estimate of drug-likeness (QED) is 0.426. The van der Waals surface area contributed by atoms with E-state index in [1.807, 2.05) is 0 Å². The molecule has 0 aliphatic heterocycles. The summed E-state index contributed by atoms with van der Waals surface area (Å²) in [4.78, 5) is 0. The summed E-state index contributed by atoms with van der Waals surface area (Å²) in [5, 5.41) is 0. The molecule has 1 nitrogen and oxygen atoms in total. The largest absolute Gasteiger partial charge is 0.358 e. The fraction of sp³-hybridized carbons (Fsp3) is 0.500. The molecular formula is C4H13OPY-2. The summed E-state index contributed by atoms with van der Waals surface area (Å²) in [5.74, 6) is 0. The van der Waals surface area contributed by atoms with E-state index in [-0.39, 0.29) is 47.6 Å². The van der Waals surface area contributed by atoms with Crippen molar-refractivity contribution in [2.24, 2.45) is 0 Å². The first kappa shape index (κ1) is 23.9. The fourth-order valence-electron chi connectivity index (χ4n) is 0. The number of hydrogen-bond acceptors (Lipinski definition) is 1. The normalized spacial score (nSPS) is 5.00. The maximum Gasteiger partial charge on any atom is 0.0703 e. The van der Waals surface area contributed by atoms with Gasteiger partial charge in [-0.2, -0.15) is 0 Å². The molecule has 1 radical (unpaired) electrons. The van der Waals surface area contributed by atoms with E-state index < -0.39 is 7.80 Å². The average Bonchev–Trinajstić information content (AvgIpc) is 0.811.